The number of fused-ring (bicyclic) bond motifs is 1. The van der Waals surface area contributed by atoms with Crippen LogP contribution < -0.4 is 10.6 Å². The maximum absolute atomic E-state index is 13.2. The van der Waals surface area contributed by atoms with Gasteiger partial charge in [0.25, 0.3) is 0 Å². The van der Waals surface area contributed by atoms with Crippen LogP contribution in [0.2, 0.25) is 0 Å². The Hall–Kier alpha value is -3.54. The van der Waals surface area contributed by atoms with Gasteiger partial charge in [0, 0.05) is 30.7 Å². The van der Waals surface area contributed by atoms with Gasteiger partial charge < -0.3 is 19.5 Å². The number of amides is 2. The minimum absolute atomic E-state index is 0.00506. The average Bonchev–Trinajstić information content (AvgIpc) is 3.34. The molecule has 2 aliphatic heterocycles. The SMILES string of the molecule is Cc1cc2cc(NC(=NC3CCCCN(CC(=O)N4CCC(C)C4)C3=O)NC#N)ccc2o1. The minimum Gasteiger partial charge on any atom is -0.461 e. The fourth-order valence-electron chi connectivity index (χ4n) is 4.48. The molecule has 174 valence electrons. The lowest BCUT2D eigenvalue weighted by atomic mass is 10.1. The number of nitrogens with zero attached hydrogens (tertiary/aromatic N) is 4. The summed E-state index contributed by atoms with van der Waals surface area (Å²) in [5, 5.41) is 15.8. The Balaban J connectivity index is 1.48. The van der Waals surface area contributed by atoms with Crippen molar-refractivity contribution in [3.05, 3.63) is 30.0 Å². The Morgan fingerprint density at radius 3 is 2.88 bits per heavy atom. The summed E-state index contributed by atoms with van der Waals surface area (Å²) in [6, 6.07) is 6.85. The normalized spacial score (nSPS) is 21.7. The van der Waals surface area contributed by atoms with Crippen molar-refractivity contribution < 1.29 is 14.0 Å². The first kappa shape index (κ1) is 22.6. The number of furan rings is 1. The van der Waals surface area contributed by atoms with E-state index in [0.29, 0.717) is 18.9 Å². The van der Waals surface area contributed by atoms with Gasteiger partial charge in [0.1, 0.15) is 17.4 Å². The van der Waals surface area contributed by atoms with E-state index in [1.165, 1.54) is 0 Å². The molecule has 3 heterocycles. The molecule has 2 saturated heterocycles. The number of benzene rings is 1. The van der Waals surface area contributed by atoms with E-state index in [0.717, 1.165) is 54.8 Å². The van der Waals surface area contributed by atoms with Gasteiger partial charge in [-0.15, -0.1) is 0 Å². The van der Waals surface area contributed by atoms with E-state index >= 15 is 0 Å². The standard InChI is InChI=1S/C24H30N6O3/c1-16-8-10-29(13-16)22(31)14-30-9-4-3-5-20(23(30)32)28-24(26-15-25)27-19-6-7-21-18(12-19)11-17(2)33-21/h6-7,11-12,16,20H,3-5,8-10,13-14H2,1-2H3,(H2,26,27,28). The van der Waals surface area contributed by atoms with Crippen LogP contribution in [0.15, 0.2) is 33.7 Å². The highest BCUT2D eigenvalue weighted by molar-refractivity contribution is 5.98. The Kier molecular flexibility index (Phi) is 6.82. The van der Waals surface area contributed by atoms with Crippen LogP contribution in [-0.2, 0) is 9.59 Å². The molecule has 9 nitrogen and oxygen atoms in total. The molecule has 2 N–H and O–H groups in total. The molecule has 2 unspecified atom stereocenters. The molecule has 2 aliphatic rings. The van der Waals surface area contributed by atoms with Crippen molar-refractivity contribution in [2.45, 2.75) is 45.6 Å². The highest BCUT2D eigenvalue weighted by Gasteiger charge is 2.31. The molecule has 0 radical (unpaired) electrons. The molecule has 1 aromatic carbocycles. The van der Waals surface area contributed by atoms with Crippen molar-refractivity contribution in [2.24, 2.45) is 10.9 Å². The summed E-state index contributed by atoms with van der Waals surface area (Å²) < 4.78 is 5.60. The highest BCUT2D eigenvalue weighted by Crippen LogP contribution is 2.23. The number of carbonyl (C=O) groups excluding carboxylic acids is 2. The summed E-state index contributed by atoms with van der Waals surface area (Å²) in [5.41, 5.74) is 1.50. The van der Waals surface area contributed by atoms with Crippen molar-refractivity contribution in [1.82, 2.24) is 15.1 Å². The molecule has 4 rings (SSSR count). The van der Waals surface area contributed by atoms with Crippen molar-refractivity contribution in [3.8, 4) is 6.19 Å². The number of nitriles is 1. The smallest absolute Gasteiger partial charge is 0.247 e. The topological polar surface area (TPSA) is 114 Å². The second kappa shape index (κ2) is 9.94. The summed E-state index contributed by atoms with van der Waals surface area (Å²) in [6.45, 7) is 6.16. The second-order valence-electron chi connectivity index (χ2n) is 8.95. The van der Waals surface area contributed by atoms with Gasteiger partial charge in [-0.2, -0.15) is 5.26 Å². The number of rotatable bonds is 4. The zero-order valence-electron chi connectivity index (χ0n) is 19.1. The number of likely N-dealkylation sites (tertiary alicyclic amines) is 2. The Labute approximate surface area is 193 Å². The van der Waals surface area contributed by atoms with Gasteiger partial charge >= 0.3 is 0 Å². The van der Waals surface area contributed by atoms with Crippen molar-refractivity contribution in [1.29, 1.82) is 5.26 Å². The molecule has 2 amide bonds. The monoisotopic (exact) mass is 450 g/mol. The van der Waals surface area contributed by atoms with Crippen LogP contribution >= 0.6 is 0 Å². The molecule has 9 heteroatoms. The summed E-state index contributed by atoms with van der Waals surface area (Å²) in [5.74, 6) is 1.34. The van der Waals surface area contributed by atoms with Gasteiger partial charge in [0.05, 0.1) is 6.54 Å². The van der Waals surface area contributed by atoms with Gasteiger partial charge in [-0.05, 0) is 62.8 Å². The quantitative estimate of drug-likeness (QED) is 0.320. The van der Waals surface area contributed by atoms with E-state index in [1.807, 2.05) is 42.3 Å². The van der Waals surface area contributed by atoms with Crippen LogP contribution in [0.1, 0.15) is 38.4 Å². The van der Waals surface area contributed by atoms with Crippen LogP contribution in [0, 0.1) is 24.3 Å². The number of nitrogens with one attached hydrogen (secondary N) is 2. The van der Waals surface area contributed by atoms with Crippen molar-refractivity contribution in [2.75, 3.05) is 31.5 Å². The van der Waals surface area contributed by atoms with E-state index in [2.05, 4.69) is 22.5 Å². The fourth-order valence-corrected chi connectivity index (χ4v) is 4.48. The van der Waals surface area contributed by atoms with Gasteiger partial charge in [0.2, 0.25) is 17.8 Å². The molecule has 33 heavy (non-hydrogen) atoms. The van der Waals surface area contributed by atoms with E-state index in [-0.39, 0.29) is 24.3 Å². The van der Waals surface area contributed by atoms with Crippen LogP contribution in [0.25, 0.3) is 11.0 Å². The summed E-state index contributed by atoms with van der Waals surface area (Å²) in [6.07, 6.45) is 5.11. The van der Waals surface area contributed by atoms with Crippen LogP contribution in [0.5, 0.6) is 0 Å². The lowest BCUT2D eigenvalue weighted by molar-refractivity contribution is -0.140. The lowest BCUT2D eigenvalue weighted by Gasteiger charge is -2.25. The highest BCUT2D eigenvalue weighted by atomic mass is 16.3. The molecule has 2 aromatic rings. The average molecular weight is 451 g/mol. The van der Waals surface area contributed by atoms with Crippen LogP contribution in [0.3, 0.4) is 0 Å². The summed E-state index contributed by atoms with van der Waals surface area (Å²) >= 11 is 0. The van der Waals surface area contributed by atoms with Crippen LogP contribution in [-0.4, -0.2) is 59.8 Å². The second-order valence-corrected chi connectivity index (χ2v) is 8.95. The number of guanidine groups is 1. The zero-order valence-corrected chi connectivity index (χ0v) is 19.1. The summed E-state index contributed by atoms with van der Waals surface area (Å²) in [7, 11) is 0. The number of carbonyl (C=O) groups is 2. The molecule has 2 atom stereocenters. The fraction of sp³-hybridized carbons (Fsp3) is 0.500. The van der Waals surface area contributed by atoms with Crippen LogP contribution in [0.4, 0.5) is 5.69 Å². The molecule has 0 saturated carbocycles. The van der Waals surface area contributed by atoms with E-state index in [9.17, 15) is 14.9 Å². The number of anilines is 1. The zero-order chi connectivity index (χ0) is 23.4. The maximum atomic E-state index is 13.2. The number of aryl methyl sites for hydroxylation is 1. The number of hydrogen-bond donors (Lipinski definition) is 2. The lowest BCUT2D eigenvalue weighted by Crippen LogP contribution is -2.45. The Morgan fingerprint density at radius 2 is 2.12 bits per heavy atom. The number of aliphatic imine (C=N–C) groups is 1. The third-order valence-electron chi connectivity index (χ3n) is 6.22. The van der Waals surface area contributed by atoms with Crippen molar-refractivity contribution >= 4 is 34.4 Å². The maximum Gasteiger partial charge on any atom is 0.247 e. The molecule has 0 aliphatic carbocycles. The Morgan fingerprint density at radius 1 is 1.27 bits per heavy atom. The first-order chi connectivity index (χ1) is 15.9. The van der Waals surface area contributed by atoms with Crippen molar-refractivity contribution in [3.63, 3.8) is 0 Å². The van der Waals surface area contributed by atoms with Gasteiger partial charge in [0.15, 0.2) is 6.19 Å². The third kappa shape index (κ3) is 5.45. The third-order valence-corrected chi connectivity index (χ3v) is 6.22. The predicted molar refractivity (Wildman–Crippen MR) is 125 cm³/mol. The summed E-state index contributed by atoms with van der Waals surface area (Å²) in [4.78, 5) is 34.0. The minimum atomic E-state index is -0.652. The molecular formula is C24H30N6O3. The molecular weight excluding hydrogens is 420 g/mol. The first-order valence-corrected chi connectivity index (χ1v) is 11.5. The van der Waals surface area contributed by atoms with E-state index in [4.69, 9.17) is 4.42 Å². The van der Waals surface area contributed by atoms with E-state index in [1.54, 1.807) is 4.90 Å². The predicted octanol–water partition coefficient (Wildman–Crippen LogP) is 2.83. The first-order valence-electron chi connectivity index (χ1n) is 11.5. The van der Waals surface area contributed by atoms with Gasteiger partial charge in [-0.3, -0.25) is 14.9 Å². The molecule has 0 spiro atoms. The Bertz CT molecular complexity index is 1100. The van der Waals surface area contributed by atoms with Gasteiger partial charge in [-0.25, -0.2) is 4.99 Å². The largest absolute Gasteiger partial charge is 0.461 e. The van der Waals surface area contributed by atoms with E-state index < -0.39 is 6.04 Å². The molecule has 0 bridgehead atoms. The number of hydrogen-bond acceptors (Lipinski definition) is 5. The molecule has 1 aromatic heterocycles. The molecule has 2 fully saturated rings. The van der Waals surface area contributed by atoms with Gasteiger partial charge in [-0.1, -0.05) is 6.92 Å².